The molecule has 0 saturated carbocycles. The van der Waals surface area contributed by atoms with Gasteiger partial charge in [0, 0.05) is 39.3 Å². The molecule has 0 spiro atoms. The van der Waals surface area contributed by atoms with Gasteiger partial charge in [-0.1, -0.05) is 54.6 Å². The van der Waals surface area contributed by atoms with Crippen LogP contribution in [-0.2, 0) is 13.1 Å². The molecule has 0 atom stereocenters. The zero-order valence-electron chi connectivity index (χ0n) is 15.9. The van der Waals surface area contributed by atoms with Gasteiger partial charge < -0.3 is 10.6 Å². The number of guanidine groups is 1. The number of piperidine rings is 1. The first-order valence-electron chi connectivity index (χ1n) is 9.52. The van der Waals surface area contributed by atoms with Gasteiger partial charge in [0.1, 0.15) is 0 Å². The van der Waals surface area contributed by atoms with Crippen LogP contribution in [0.5, 0.6) is 0 Å². The summed E-state index contributed by atoms with van der Waals surface area (Å²) in [7, 11) is 1.84. The number of hydrogen-bond donors (Lipinski definition) is 2. The van der Waals surface area contributed by atoms with E-state index >= 15 is 0 Å². The smallest absolute Gasteiger partial charge is 0.191 e. The Kier molecular flexibility index (Phi) is 6.67. The number of rotatable bonds is 5. The minimum absolute atomic E-state index is 0.491. The summed E-state index contributed by atoms with van der Waals surface area (Å²) in [6.45, 7) is 6.26. The van der Waals surface area contributed by atoms with E-state index in [0.717, 1.165) is 45.0 Å². The van der Waals surface area contributed by atoms with Gasteiger partial charge in [0.05, 0.1) is 0 Å². The van der Waals surface area contributed by atoms with E-state index in [1.165, 1.54) is 16.7 Å². The quantitative estimate of drug-likeness (QED) is 0.642. The van der Waals surface area contributed by atoms with Gasteiger partial charge in [0.15, 0.2) is 5.96 Å². The Morgan fingerprint density at radius 3 is 2.42 bits per heavy atom. The molecule has 4 heteroatoms. The number of aliphatic imine (C=N–C) groups is 1. The minimum atomic E-state index is 0.491. The molecule has 1 fully saturated rings. The average molecular weight is 351 g/mol. The van der Waals surface area contributed by atoms with Crippen molar-refractivity contribution in [1.29, 1.82) is 0 Å². The fraction of sp³-hybridized carbons (Fsp3) is 0.409. The number of nitrogens with zero attached hydrogens (tertiary/aromatic N) is 2. The lowest BCUT2D eigenvalue weighted by atomic mass is 10.0. The average Bonchev–Trinajstić information content (AvgIpc) is 2.68. The van der Waals surface area contributed by atoms with Gasteiger partial charge in [-0.2, -0.15) is 0 Å². The maximum Gasteiger partial charge on any atom is 0.191 e. The van der Waals surface area contributed by atoms with E-state index in [0.29, 0.717) is 6.04 Å². The highest BCUT2D eigenvalue weighted by Gasteiger charge is 2.20. The molecule has 2 N–H and O–H groups in total. The number of likely N-dealkylation sites (tertiary alicyclic amines) is 1. The van der Waals surface area contributed by atoms with E-state index in [9.17, 15) is 0 Å². The van der Waals surface area contributed by atoms with Gasteiger partial charge in [0.25, 0.3) is 0 Å². The first-order chi connectivity index (χ1) is 12.7. The number of aryl methyl sites for hydroxylation is 1. The van der Waals surface area contributed by atoms with E-state index < -0.39 is 0 Å². The fourth-order valence-electron chi connectivity index (χ4n) is 3.45. The van der Waals surface area contributed by atoms with Crippen LogP contribution in [0.3, 0.4) is 0 Å². The SMILES string of the molecule is CN=C(NCc1ccccc1C)NC1CCN(Cc2ccccc2)CC1. The van der Waals surface area contributed by atoms with Crippen molar-refractivity contribution in [2.45, 2.75) is 38.9 Å². The lowest BCUT2D eigenvalue weighted by Gasteiger charge is -2.33. The largest absolute Gasteiger partial charge is 0.354 e. The third kappa shape index (κ3) is 5.33. The maximum absolute atomic E-state index is 4.39. The summed E-state index contributed by atoms with van der Waals surface area (Å²) in [5.41, 5.74) is 4.02. The van der Waals surface area contributed by atoms with Gasteiger partial charge in [-0.25, -0.2) is 0 Å². The van der Waals surface area contributed by atoms with E-state index in [4.69, 9.17) is 0 Å². The van der Waals surface area contributed by atoms with E-state index in [1.807, 2.05) is 7.05 Å². The van der Waals surface area contributed by atoms with Gasteiger partial charge in [-0.3, -0.25) is 9.89 Å². The highest BCUT2D eigenvalue weighted by molar-refractivity contribution is 5.80. The molecule has 0 radical (unpaired) electrons. The molecule has 138 valence electrons. The zero-order chi connectivity index (χ0) is 18.2. The van der Waals surface area contributed by atoms with Crippen molar-refractivity contribution >= 4 is 5.96 Å². The van der Waals surface area contributed by atoms with Crippen LogP contribution < -0.4 is 10.6 Å². The predicted molar refractivity (Wildman–Crippen MR) is 109 cm³/mol. The molecule has 3 rings (SSSR count). The summed E-state index contributed by atoms with van der Waals surface area (Å²) in [4.78, 5) is 6.93. The van der Waals surface area contributed by atoms with Crippen molar-refractivity contribution in [2.24, 2.45) is 4.99 Å². The van der Waals surface area contributed by atoms with E-state index in [2.05, 4.69) is 82.0 Å². The molecule has 0 aromatic heterocycles. The Bertz CT molecular complexity index is 703. The van der Waals surface area contributed by atoms with Crippen LogP contribution in [0.1, 0.15) is 29.5 Å². The van der Waals surface area contributed by atoms with Gasteiger partial charge >= 0.3 is 0 Å². The topological polar surface area (TPSA) is 39.7 Å². The molecule has 0 amide bonds. The molecule has 0 unspecified atom stereocenters. The van der Waals surface area contributed by atoms with Crippen molar-refractivity contribution in [3.8, 4) is 0 Å². The van der Waals surface area contributed by atoms with Gasteiger partial charge in [-0.05, 0) is 36.5 Å². The summed E-state index contributed by atoms with van der Waals surface area (Å²) in [6.07, 6.45) is 2.30. The molecule has 2 aromatic rings. The number of nitrogens with one attached hydrogen (secondary N) is 2. The van der Waals surface area contributed by atoms with Crippen molar-refractivity contribution in [3.63, 3.8) is 0 Å². The fourth-order valence-corrected chi connectivity index (χ4v) is 3.45. The first-order valence-corrected chi connectivity index (χ1v) is 9.52. The molecule has 26 heavy (non-hydrogen) atoms. The number of benzene rings is 2. The Morgan fingerprint density at radius 1 is 1.04 bits per heavy atom. The van der Waals surface area contributed by atoms with Crippen molar-refractivity contribution in [3.05, 3.63) is 71.3 Å². The molecule has 1 aliphatic heterocycles. The third-order valence-corrected chi connectivity index (χ3v) is 5.11. The molecule has 1 saturated heterocycles. The van der Waals surface area contributed by atoms with E-state index in [-0.39, 0.29) is 0 Å². The molecular weight excluding hydrogens is 320 g/mol. The molecule has 2 aromatic carbocycles. The van der Waals surface area contributed by atoms with Crippen LogP contribution in [0.4, 0.5) is 0 Å². The zero-order valence-corrected chi connectivity index (χ0v) is 15.9. The highest BCUT2D eigenvalue weighted by Crippen LogP contribution is 2.14. The second-order valence-corrected chi connectivity index (χ2v) is 7.03. The van der Waals surface area contributed by atoms with E-state index in [1.54, 1.807) is 0 Å². The molecule has 0 aliphatic carbocycles. The Morgan fingerprint density at radius 2 is 1.73 bits per heavy atom. The monoisotopic (exact) mass is 350 g/mol. The molecule has 0 bridgehead atoms. The summed E-state index contributed by atoms with van der Waals surface area (Å²) in [5, 5.41) is 7.04. The van der Waals surface area contributed by atoms with Crippen LogP contribution in [0.25, 0.3) is 0 Å². The van der Waals surface area contributed by atoms with Crippen LogP contribution in [0, 0.1) is 6.92 Å². The van der Waals surface area contributed by atoms with Crippen LogP contribution in [0.2, 0.25) is 0 Å². The predicted octanol–water partition coefficient (Wildman–Crippen LogP) is 3.32. The molecule has 4 nitrogen and oxygen atoms in total. The number of hydrogen-bond acceptors (Lipinski definition) is 2. The standard InChI is InChI=1S/C22H30N4/c1-18-8-6-7-11-20(18)16-24-22(23-2)25-21-12-14-26(15-13-21)17-19-9-4-3-5-10-19/h3-11,21H,12-17H2,1-2H3,(H2,23,24,25). The molecule has 1 heterocycles. The van der Waals surface area contributed by atoms with Crippen molar-refractivity contribution in [1.82, 2.24) is 15.5 Å². The summed E-state index contributed by atoms with van der Waals surface area (Å²) < 4.78 is 0. The first kappa shape index (κ1) is 18.5. The Labute approximate surface area is 157 Å². The van der Waals surface area contributed by atoms with Crippen LogP contribution >= 0.6 is 0 Å². The van der Waals surface area contributed by atoms with Crippen molar-refractivity contribution in [2.75, 3.05) is 20.1 Å². The van der Waals surface area contributed by atoms with Crippen LogP contribution in [0.15, 0.2) is 59.6 Å². The normalized spacial score (nSPS) is 16.5. The second-order valence-electron chi connectivity index (χ2n) is 7.03. The van der Waals surface area contributed by atoms with Crippen molar-refractivity contribution < 1.29 is 0 Å². The maximum atomic E-state index is 4.39. The minimum Gasteiger partial charge on any atom is -0.354 e. The van der Waals surface area contributed by atoms with Gasteiger partial charge in [0.2, 0.25) is 0 Å². The summed E-state index contributed by atoms with van der Waals surface area (Å²) in [6, 6.07) is 19.7. The second kappa shape index (κ2) is 9.39. The molecule has 1 aliphatic rings. The lowest BCUT2D eigenvalue weighted by molar-refractivity contribution is 0.198. The Hall–Kier alpha value is -2.33. The highest BCUT2D eigenvalue weighted by atomic mass is 15.2. The third-order valence-electron chi connectivity index (χ3n) is 5.11. The summed E-state index contributed by atoms with van der Waals surface area (Å²) >= 11 is 0. The molecular formula is C22H30N4. The van der Waals surface area contributed by atoms with Gasteiger partial charge in [-0.15, -0.1) is 0 Å². The lowest BCUT2D eigenvalue weighted by Crippen LogP contribution is -2.48. The Balaban J connectivity index is 1.43. The van der Waals surface area contributed by atoms with Crippen LogP contribution in [-0.4, -0.2) is 37.0 Å². The summed E-state index contributed by atoms with van der Waals surface area (Å²) in [5.74, 6) is 0.898.